The lowest BCUT2D eigenvalue weighted by Gasteiger charge is -2.10. The molecule has 0 atom stereocenters. The van der Waals surface area contributed by atoms with E-state index in [-0.39, 0.29) is 5.91 Å². The van der Waals surface area contributed by atoms with Gasteiger partial charge in [0.15, 0.2) is 0 Å². The molecule has 1 aromatic heterocycles. The standard InChI is InChI=1S/C15H21N3O/c1-11(19)16-9-12-5-4-6-14-15(12)13(10-17-14)7-8-18(2)3/h4-6,10,17H,7-9H2,1-3H3,(H,16,19). The summed E-state index contributed by atoms with van der Waals surface area (Å²) in [4.78, 5) is 16.6. The Hall–Kier alpha value is -1.81. The van der Waals surface area contributed by atoms with E-state index in [0.717, 1.165) is 18.5 Å². The molecule has 0 unspecified atom stereocenters. The number of amides is 1. The number of likely N-dealkylation sites (N-methyl/N-ethyl adjacent to an activating group) is 1. The second kappa shape index (κ2) is 5.89. The van der Waals surface area contributed by atoms with Crippen molar-refractivity contribution in [1.82, 2.24) is 15.2 Å². The van der Waals surface area contributed by atoms with E-state index in [4.69, 9.17) is 0 Å². The first kappa shape index (κ1) is 13.6. The highest BCUT2D eigenvalue weighted by Gasteiger charge is 2.09. The first-order chi connectivity index (χ1) is 9.08. The molecule has 1 heterocycles. The van der Waals surface area contributed by atoms with E-state index in [9.17, 15) is 4.79 Å². The van der Waals surface area contributed by atoms with Crippen molar-refractivity contribution in [2.45, 2.75) is 19.9 Å². The molecule has 4 nitrogen and oxygen atoms in total. The lowest BCUT2D eigenvalue weighted by atomic mass is 10.0. The third-order valence-electron chi connectivity index (χ3n) is 3.23. The molecule has 0 aliphatic rings. The molecular weight excluding hydrogens is 238 g/mol. The van der Waals surface area contributed by atoms with Crippen LogP contribution in [0.5, 0.6) is 0 Å². The fourth-order valence-corrected chi connectivity index (χ4v) is 2.24. The summed E-state index contributed by atoms with van der Waals surface area (Å²) in [5.74, 6) is 0.00220. The number of aromatic amines is 1. The van der Waals surface area contributed by atoms with Gasteiger partial charge in [-0.3, -0.25) is 4.79 Å². The lowest BCUT2D eigenvalue weighted by molar-refractivity contribution is -0.119. The van der Waals surface area contributed by atoms with Gasteiger partial charge >= 0.3 is 0 Å². The van der Waals surface area contributed by atoms with Crippen LogP contribution in [0.25, 0.3) is 10.9 Å². The van der Waals surface area contributed by atoms with Crippen molar-refractivity contribution in [1.29, 1.82) is 0 Å². The number of rotatable bonds is 5. The largest absolute Gasteiger partial charge is 0.361 e. The van der Waals surface area contributed by atoms with E-state index in [2.05, 4.69) is 47.6 Å². The lowest BCUT2D eigenvalue weighted by Crippen LogP contribution is -2.19. The van der Waals surface area contributed by atoms with Crippen LogP contribution in [0.1, 0.15) is 18.1 Å². The highest BCUT2D eigenvalue weighted by atomic mass is 16.1. The smallest absolute Gasteiger partial charge is 0.217 e. The topological polar surface area (TPSA) is 48.1 Å². The molecule has 2 aromatic rings. The molecule has 19 heavy (non-hydrogen) atoms. The minimum absolute atomic E-state index is 0.00220. The molecule has 0 saturated heterocycles. The van der Waals surface area contributed by atoms with Gasteiger partial charge in [-0.1, -0.05) is 12.1 Å². The number of aromatic nitrogens is 1. The Bertz CT molecular complexity index is 572. The fourth-order valence-electron chi connectivity index (χ4n) is 2.24. The van der Waals surface area contributed by atoms with E-state index in [1.54, 1.807) is 6.92 Å². The normalized spacial score (nSPS) is 11.2. The molecule has 0 saturated carbocycles. The van der Waals surface area contributed by atoms with Crippen LogP contribution in [0.3, 0.4) is 0 Å². The van der Waals surface area contributed by atoms with Crippen molar-refractivity contribution in [2.75, 3.05) is 20.6 Å². The third-order valence-corrected chi connectivity index (χ3v) is 3.23. The zero-order valence-corrected chi connectivity index (χ0v) is 11.8. The van der Waals surface area contributed by atoms with Crippen LogP contribution in [-0.4, -0.2) is 36.4 Å². The van der Waals surface area contributed by atoms with E-state index >= 15 is 0 Å². The Morgan fingerprint density at radius 3 is 2.79 bits per heavy atom. The predicted octanol–water partition coefficient (Wildman–Crippen LogP) is 1.91. The molecule has 0 radical (unpaired) electrons. The molecule has 2 N–H and O–H groups in total. The van der Waals surface area contributed by atoms with Crippen LogP contribution in [-0.2, 0) is 17.8 Å². The van der Waals surface area contributed by atoms with Gasteiger partial charge in [0.2, 0.25) is 5.91 Å². The summed E-state index contributed by atoms with van der Waals surface area (Å²) in [5.41, 5.74) is 3.61. The van der Waals surface area contributed by atoms with Gasteiger partial charge in [-0.2, -0.15) is 0 Å². The van der Waals surface area contributed by atoms with Gasteiger partial charge in [-0.25, -0.2) is 0 Å². The molecule has 1 amide bonds. The highest BCUT2D eigenvalue weighted by Crippen LogP contribution is 2.23. The van der Waals surface area contributed by atoms with Crippen molar-refractivity contribution in [3.63, 3.8) is 0 Å². The highest BCUT2D eigenvalue weighted by molar-refractivity contribution is 5.87. The van der Waals surface area contributed by atoms with Crippen LogP contribution in [0, 0.1) is 0 Å². The molecule has 1 aromatic carbocycles. The molecule has 0 bridgehead atoms. The zero-order valence-electron chi connectivity index (χ0n) is 11.8. The van der Waals surface area contributed by atoms with E-state index in [1.165, 1.54) is 16.5 Å². The summed E-state index contributed by atoms with van der Waals surface area (Å²) >= 11 is 0. The molecular formula is C15H21N3O. The summed E-state index contributed by atoms with van der Waals surface area (Å²) in [6.07, 6.45) is 3.08. The summed E-state index contributed by atoms with van der Waals surface area (Å²) in [6.45, 7) is 3.14. The maximum atomic E-state index is 11.1. The van der Waals surface area contributed by atoms with Crippen molar-refractivity contribution in [2.24, 2.45) is 0 Å². The monoisotopic (exact) mass is 259 g/mol. The van der Waals surface area contributed by atoms with E-state index < -0.39 is 0 Å². The minimum Gasteiger partial charge on any atom is -0.361 e. The van der Waals surface area contributed by atoms with Gasteiger partial charge in [0.1, 0.15) is 0 Å². The van der Waals surface area contributed by atoms with E-state index in [0.29, 0.717) is 6.54 Å². The minimum atomic E-state index is 0.00220. The predicted molar refractivity (Wildman–Crippen MR) is 78.1 cm³/mol. The molecule has 102 valence electrons. The number of hydrogen-bond acceptors (Lipinski definition) is 2. The average Bonchev–Trinajstić information content (AvgIpc) is 2.77. The average molecular weight is 259 g/mol. The number of nitrogens with zero attached hydrogens (tertiary/aromatic N) is 1. The Labute approximate surface area is 113 Å². The Kier molecular flexibility index (Phi) is 4.22. The number of hydrogen-bond donors (Lipinski definition) is 2. The summed E-state index contributed by atoms with van der Waals surface area (Å²) in [6, 6.07) is 6.17. The zero-order chi connectivity index (χ0) is 13.8. The third kappa shape index (κ3) is 3.35. The molecule has 2 rings (SSSR count). The van der Waals surface area contributed by atoms with Gasteiger partial charge in [-0.15, -0.1) is 0 Å². The molecule has 0 aliphatic carbocycles. The first-order valence-electron chi connectivity index (χ1n) is 6.55. The number of H-pyrrole nitrogens is 1. The maximum absolute atomic E-state index is 11.1. The number of fused-ring (bicyclic) bond motifs is 1. The number of benzene rings is 1. The second-order valence-electron chi connectivity index (χ2n) is 5.12. The molecule has 0 aliphatic heterocycles. The number of carbonyl (C=O) groups is 1. The Morgan fingerprint density at radius 1 is 1.32 bits per heavy atom. The van der Waals surface area contributed by atoms with Crippen LogP contribution in [0.4, 0.5) is 0 Å². The van der Waals surface area contributed by atoms with Crippen LogP contribution < -0.4 is 5.32 Å². The first-order valence-corrected chi connectivity index (χ1v) is 6.55. The van der Waals surface area contributed by atoms with E-state index in [1.807, 2.05) is 6.07 Å². The number of carbonyl (C=O) groups excluding carboxylic acids is 1. The van der Waals surface area contributed by atoms with Crippen molar-refractivity contribution in [3.05, 3.63) is 35.5 Å². The van der Waals surface area contributed by atoms with Gasteiger partial charge in [0, 0.05) is 37.1 Å². The summed E-state index contributed by atoms with van der Waals surface area (Å²) in [7, 11) is 4.15. The van der Waals surface area contributed by atoms with Gasteiger partial charge in [0.05, 0.1) is 0 Å². The molecule has 0 fully saturated rings. The van der Waals surface area contributed by atoms with Crippen molar-refractivity contribution >= 4 is 16.8 Å². The van der Waals surface area contributed by atoms with Gasteiger partial charge < -0.3 is 15.2 Å². The van der Waals surface area contributed by atoms with Crippen LogP contribution in [0.2, 0.25) is 0 Å². The van der Waals surface area contributed by atoms with Crippen molar-refractivity contribution in [3.8, 4) is 0 Å². The second-order valence-corrected chi connectivity index (χ2v) is 5.12. The number of nitrogens with one attached hydrogen (secondary N) is 2. The van der Waals surface area contributed by atoms with Crippen LogP contribution in [0.15, 0.2) is 24.4 Å². The quantitative estimate of drug-likeness (QED) is 0.861. The van der Waals surface area contributed by atoms with Crippen LogP contribution >= 0.6 is 0 Å². The Morgan fingerprint density at radius 2 is 2.11 bits per heavy atom. The fraction of sp³-hybridized carbons (Fsp3) is 0.400. The van der Waals surface area contributed by atoms with Crippen molar-refractivity contribution < 1.29 is 4.79 Å². The maximum Gasteiger partial charge on any atom is 0.217 e. The molecule has 4 heteroatoms. The summed E-state index contributed by atoms with van der Waals surface area (Å²) in [5, 5.41) is 4.12. The summed E-state index contributed by atoms with van der Waals surface area (Å²) < 4.78 is 0. The Balaban J connectivity index is 2.29. The SMILES string of the molecule is CC(=O)NCc1cccc2[nH]cc(CCN(C)C)c12. The van der Waals surface area contributed by atoms with Gasteiger partial charge in [0.25, 0.3) is 0 Å². The van der Waals surface area contributed by atoms with Gasteiger partial charge in [-0.05, 0) is 37.7 Å². The molecule has 0 spiro atoms.